The van der Waals surface area contributed by atoms with E-state index in [1.807, 2.05) is 48.2 Å². The van der Waals surface area contributed by atoms with Crippen LogP contribution in [0.5, 0.6) is 0 Å². The summed E-state index contributed by atoms with van der Waals surface area (Å²) in [4.78, 5) is 17.2. The van der Waals surface area contributed by atoms with Crippen LogP contribution in [0.3, 0.4) is 0 Å². The van der Waals surface area contributed by atoms with Crippen molar-refractivity contribution in [1.29, 1.82) is 0 Å². The fourth-order valence-corrected chi connectivity index (χ4v) is 3.70. The molecule has 0 atom stereocenters. The Hall–Kier alpha value is -1.75. The van der Waals surface area contributed by atoms with E-state index in [9.17, 15) is 4.79 Å². The molecule has 0 saturated carbocycles. The Morgan fingerprint density at radius 2 is 1.81 bits per heavy atom. The topological polar surface area (TPSA) is 35.6 Å². The van der Waals surface area contributed by atoms with Crippen LogP contribution in [0.1, 0.15) is 24.0 Å². The van der Waals surface area contributed by atoms with Gasteiger partial charge < -0.3 is 15.1 Å². The SMILES string of the molecule is Cc1cccc(Cl)c1NC(=O)N(CCN1CCCC1)Cc1ccc(Cl)cc1. The molecule has 1 aliphatic rings. The fraction of sp³-hybridized carbons (Fsp3) is 0.381. The minimum atomic E-state index is -0.139. The second-order valence-electron chi connectivity index (χ2n) is 6.96. The predicted octanol–water partition coefficient (Wildman–Crippen LogP) is 5.43. The Labute approximate surface area is 171 Å². The summed E-state index contributed by atoms with van der Waals surface area (Å²) < 4.78 is 0. The van der Waals surface area contributed by atoms with Gasteiger partial charge >= 0.3 is 6.03 Å². The Bertz CT molecular complexity index is 753. The number of benzene rings is 2. The molecule has 2 aromatic carbocycles. The lowest BCUT2D eigenvalue weighted by molar-refractivity contribution is 0.198. The minimum absolute atomic E-state index is 0.139. The van der Waals surface area contributed by atoms with E-state index in [4.69, 9.17) is 23.2 Å². The molecule has 1 heterocycles. The number of halogens is 2. The summed E-state index contributed by atoms with van der Waals surface area (Å²) in [5.41, 5.74) is 2.67. The summed E-state index contributed by atoms with van der Waals surface area (Å²) in [7, 11) is 0. The third-order valence-electron chi connectivity index (χ3n) is 4.91. The molecule has 2 aromatic rings. The van der Waals surface area contributed by atoms with E-state index < -0.39 is 0 Å². The minimum Gasteiger partial charge on any atom is -0.319 e. The number of anilines is 1. The number of hydrogen-bond acceptors (Lipinski definition) is 2. The van der Waals surface area contributed by atoms with Crippen molar-refractivity contribution in [2.75, 3.05) is 31.5 Å². The van der Waals surface area contributed by atoms with Crippen molar-refractivity contribution in [2.24, 2.45) is 0 Å². The highest BCUT2D eigenvalue weighted by Crippen LogP contribution is 2.26. The summed E-state index contributed by atoms with van der Waals surface area (Å²) in [6.45, 7) is 6.23. The maximum atomic E-state index is 13.0. The smallest absolute Gasteiger partial charge is 0.319 e. The van der Waals surface area contributed by atoms with E-state index in [2.05, 4.69) is 10.2 Å². The molecule has 0 bridgehead atoms. The Morgan fingerprint density at radius 3 is 2.48 bits per heavy atom. The lowest BCUT2D eigenvalue weighted by Gasteiger charge is -2.26. The predicted molar refractivity (Wildman–Crippen MR) is 113 cm³/mol. The lowest BCUT2D eigenvalue weighted by Crippen LogP contribution is -2.40. The Kier molecular flexibility index (Phi) is 7.00. The van der Waals surface area contributed by atoms with Gasteiger partial charge in [-0.1, -0.05) is 47.5 Å². The van der Waals surface area contributed by atoms with Crippen LogP contribution in [0.25, 0.3) is 0 Å². The number of carbonyl (C=O) groups excluding carboxylic acids is 1. The van der Waals surface area contributed by atoms with Gasteiger partial charge in [0.2, 0.25) is 0 Å². The lowest BCUT2D eigenvalue weighted by atomic mass is 10.2. The van der Waals surface area contributed by atoms with Crippen LogP contribution in [-0.4, -0.2) is 42.0 Å². The molecular formula is C21H25Cl2N3O. The molecular weight excluding hydrogens is 381 g/mol. The first kappa shape index (κ1) is 20.0. The zero-order valence-corrected chi connectivity index (χ0v) is 17.1. The molecule has 0 spiro atoms. The summed E-state index contributed by atoms with van der Waals surface area (Å²) in [6.07, 6.45) is 2.48. The molecule has 27 heavy (non-hydrogen) atoms. The zero-order valence-electron chi connectivity index (χ0n) is 15.5. The number of para-hydroxylation sites is 1. The molecule has 1 fully saturated rings. The standard InChI is InChI=1S/C21H25Cl2N3O/c1-16-5-4-6-19(23)20(16)24-21(27)26(14-13-25-11-2-3-12-25)15-17-7-9-18(22)10-8-17/h4-10H,2-3,11-15H2,1H3,(H,24,27). The number of nitrogens with one attached hydrogen (secondary N) is 1. The fourth-order valence-electron chi connectivity index (χ4n) is 3.31. The Morgan fingerprint density at radius 1 is 1.11 bits per heavy atom. The van der Waals surface area contributed by atoms with Gasteiger partial charge in [-0.05, 0) is 62.2 Å². The van der Waals surface area contributed by atoms with Gasteiger partial charge in [-0.25, -0.2) is 4.79 Å². The molecule has 1 saturated heterocycles. The van der Waals surface area contributed by atoms with Crippen LogP contribution in [0, 0.1) is 6.92 Å². The number of likely N-dealkylation sites (tertiary alicyclic amines) is 1. The number of hydrogen-bond donors (Lipinski definition) is 1. The van der Waals surface area contributed by atoms with Gasteiger partial charge in [0, 0.05) is 24.7 Å². The van der Waals surface area contributed by atoms with Crippen molar-refractivity contribution < 1.29 is 4.79 Å². The molecule has 0 aromatic heterocycles. The molecule has 144 valence electrons. The van der Waals surface area contributed by atoms with Gasteiger partial charge in [0.25, 0.3) is 0 Å². The zero-order chi connectivity index (χ0) is 19.2. The highest BCUT2D eigenvalue weighted by molar-refractivity contribution is 6.33. The quantitative estimate of drug-likeness (QED) is 0.694. The van der Waals surface area contributed by atoms with Crippen molar-refractivity contribution in [3.05, 3.63) is 63.6 Å². The summed E-state index contributed by atoms with van der Waals surface area (Å²) in [5, 5.41) is 4.24. The van der Waals surface area contributed by atoms with E-state index >= 15 is 0 Å². The van der Waals surface area contributed by atoms with Crippen LogP contribution >= 0.6 is 23.2 Å². The molecule has 6 heteroatoms. The van der Waals surface area contributed by atoms with Crippen LogP contribution in [0.15, 0.2) is 42.5 Å². The number of nitrogens with zero attached hydrogens (tertiary/aromatic N) is 2. The highest BCUT2D eigenvalue weighted by atomic mass is 35.5. The van der Waals surface area contributed by atoms with Gasteiger partial charge in [-0.2, -0.15) is 0 Å². The number of amides is 2. The first-order valence-corrected chi connectivity index (χ1v) is 10.1. The maximum absolute atomic E-state index is 13.0. The average molecular weight is 406 g/mol. The summed E-state index contributed by atoms with van der Waals surface area (Å²) >= 11 is 12.3. The second-order valence-corrected chi connectivity index (χ2v) is 7.80. The molecule has 0 aliphatic carbocycles. The first-order valence-electron chi connectivity index (χ1n) is 9.31. The molecule has 1 N–H and O–H groups in total. The van der Waals surface area contributed by atoms with Gasteiger partial charge in [-0.15, -0.1) is 0 Å². The normalized spacial score (nSPS) is 14.3. The van der Waals surface area contributed by atoms with Crippen molar-refractivity contribution in [2.45, 2.75) is 26.3 Å². The van der Waals surface area contributed by atoms with Crippen molar-refractivity contribution in [3.63, 3.8) is 0 Å². The van der Waals surface area contributed by atoms with E-state index in [0.29, 0.717) is 28.8 Å². The number of urea groups is 1. The summed E-state index contributed by atoms with van der Waals surface area (Å²) in [5.74, 6) is 0. The molecule has 0 radical (unpaired) electrons. The van der Waals surface area contributed by atoms with Gasteiger partial charge in [0.15, 0.2) is 0 Å². The molecule has 2 amide bonds. The molecule has 4 nitrogen and oxygen atoms in total. The van der Waals surface area contributed by atoms with Crippen molar-refractivity contribution in [3.8, 4) is 0 Å². The largest absolute Gasteiger partial charge is 0.322 e. The average Bonchev–Trinajstić information content (AvgIpc) is 3.17. The third kappa shape index (κ3) is 5.61. The Balaban J connectivity index is 1.72. The molecule has 1 aliphatic heterocycles. The number of carbonyl (C=O) groups is 1. The summed E-state index contributed by atoms with van der Waals surface area (Å²) in [6, 6.07) is 13.1. The van der Waals surface area contributed by atoms with Crippen LogP contribution in [0.2, 0.25) is 10.0 Å². The van der Waals surface area contributed by atoms with Crippen LogP contribution < -0.4 is 5.32 Å². The van der Waals surface area contributed by atoms with E-state index in [1.54, 1.807) is 6.07 Å². The van der Waals surface area contributed by atoms with Gasteiger partial charge in [-0.3, -0.25) is 0 Å². The van der Waals surface area contributed by atoms with E-state index in [-0.39, 0.29) is 6.03 Å². The monoisotopic (exact) mass is 405 g/mol. The number of rotatable bonds is 6. The van der Waals surface area contributed by atoms with Crippen molar-refractivity contribution in [1.82, 2.24) is 9.80 Å². The molecule has 3 rings (SSSR count). The third-order valence-corrected chi connectivity index (χ3v) is 5.48. The maximum Gasteiger partial charge on any atom is 0.322 e. The van der Waals surface area contributed by atoms with E-state index in [0.717, 1.165) is 30.8 Å². The first-order chi connectivity index (χ1) is 13.0. The van der Waals surface area contributed by atoms with Crippen LogP contribution in [-0.2, 0) is 6.54 Å². The second kappa shape index (κ2) is 9.45. The van der Waals surface area contributed by atoms with Crippen LogP contribution in [0.4, 0.5) is 10.5 Å². The highest BCUT2D eigenvalue weighted by Gasteiger charge is 2.19. The number of aryl methyl sites for hydroxylation is 1. The van der Waals surface area contributed by atoms with Gasteiger partial charge in [0.05, 0.1) is 10.7 Å². The molecule has 0 unspecified atom stereocenters. The van der Waals surface area contributed by atoms with Gasteiger partial charge in [0.1, 0.15) is 0 Å². The van der Waals surface area contributed by atoms with E-state index in [1.165, 1.54) is 12.8 Å². The van der Waals surface area contributed by atoms with Crippen molar-refractivity contribution >= 4 is 34.9 Å².